The minimum Gasteiger partial charge on any atom is -0.399 e. The van der Waals surface area contributed by atoms with Crippen LogP contribution in [0.5, 0.6) is 0 Å². The minimum atomic E-state index is -0.681. The summed E-state index contributed by atoms with van der Waals surface area (Å²) in [7, 11) is 0. The van der Waals surface area contributed by atoms with Gasteiger partial charge in [0.1, 0.15) is 11.4 Å². The van der Waals surface area contributed by atoms with Crippen molar-refractivity contribution in [3.63, 3.8) is 0 Å². The number of nitrogens with zero attached hydrogens (tertiary/aromatic N) is 4. The second-order valence-electron chi connectivity index (χ2n) is 7.93. The van der Waals surface area contributed by atoms with Gasteiger partial charge in [-0.3, -0.25) is 40.5 Å². The normalized spacial score (nSPS) is 10.0. The van der Waals surface area contributed by atoms with Crippen LogP contribution in [0.3, 0.4) is 0 Å². The number of nitro groups is 4. The molecule has 0 fully saturated rings. The van der Waals surface area contributed by atoms with E-state index >= 15 is 0 Å². The number of hydrogen-bond acceptors (Lipinski definition) is 12. The average Bonchev–Trinajstić information content (AvgIpc) is 2.91. The number of nitrogens with two attached hydrogens (primary N) is 2. The smallest absolute Gasteiger partial charge is 0.299 e. The van der Waals surface area contributed by atoms with Crippen LogP contribution in [0.2, 0.25) is 0 Å². The molecule has 0 bridgehead atoms. The molecule has 6 N–H and O–H groups in total. The molecule has 0 heterocycles. The molecule has 0 spiro atoms. The molecule has 4 aromatic carbocycles. The van der Waals surface area contributed by atoms with E-state index in [1.807, 2.05) is 0 Å². The fraction of sp³-hybridized carbons (Fsp3) is 0. The molecule has 0 aliphatic heterocycles. The van der Waals surface area contributed by atoms with E-state index in [4.69, 9.17) is 11.5 Å². The largest absolute Gasteiger partial charge is 0.399 e. The lowest BCUT2D eigenvalue weighted by molar-refractivity contribution is -0.393. The van der Waals surface area contributed by atoms with Crippen LogP contribution in [0, 0.1) is 40.5 Å². The quantitative estimate of drug-likeness (QED) is 0.118. The lowest BCUT2D eigenvalue weighted by Crippen LogP contribution is -1.99. The Morgan fingerprint density at radius 2 is 0.800 bits per heavy atom. The first-order valence-electron chi connectivity index (χ1n) is 11.1. The van der Waals surface area contributed by atoms with E-state index < -0.39 is 19.7 Å². The number of nitrogen functional groups attached to an aromatic ring is 2. The third kappa shape index (κ3) is 7.35. The molecular weight excluding hydrogens is 528 g/mol. The van der Waals surface area contributed by atoms with Crippen LogP contribution in [-0.4, -0.2) is 19.7 Å². The molecule has 0 radical (unpaired) electrons. The van der Waals surface area contributed by atoms with Crippen molar-refractivity contribution in [2.45, 2.75) is 0 Å². The molecule has 0 saturated carbocycles. The highest BCUT2D eigenvalue weighted by Crippen LogP contribution is 2.32. The van der Waals surface area contributed by atoms with Gasteiger partial charge in [-0.15, -0.1) is 0 Å². The molecule has 0 saturated heterocycles. The molecule has 0 atom stereocenters. The zero-order valence-corrected chi connectivity index (χ0v) is 20.3. The van der Waals surface area contributed by atoms with Crippen LogP contribution in [-0.2, 0) is 0 Å². The first-order chi connectivity index (χ1) is 18.9. The Labute approximate surface area is 224 Å². The molecule has 16 heteroatoms. The number of non-ortho nitro benzene ring substituents is 2. The van der Waals surface area contributed by atoms with Gasteiger partial charge >= 0.3 is 0 Å². The topological polar surface area (TPSA) is 249 Å². The standard InChI is InChI=1S/2C12H10N4O4/c2*13-8-1-3-9(4-2-8)14-11-6-5-10(15(17)18)7-12(11)16(19)20/h2*1-7,14H,13H2. The van der Waals surface area contributed by atoms with Crippen molar-refractivity contribution in [3.8, 4) is 0 Å². The Morgan fingerprint density at radius 1 is 0.475 bits per heavy atom. The number of anilines is 6. The fourth-order valence-electron chi connectivity index (χ4n) is 3.22. The Balaban J connectivity index is 0.000000220. The zero-order chi connectivity index (χ0) is 29.4. The maximum atomic E-state index is 11.0. The van der Waals surface area contributed by atoms with Crippen molar-refractivity contribution in [2.24, 2.45) is 0 Å². The third-order valence-electron chi connectivity index (χ3n) is 5.16. The highest BCUT2D eigenvalue weighted by Gasteiger charge is 2.20. The maximum Gasteiger partial charge on any atom is 0.299 e. The molecule has 0 aliphatic rings. The van der Waals surface area contributed by atoms with Gasteiger partial charge in [0, 0.05) is 34.9 Å². The average molecular weight is 548 g/mol. The second-order valence-corrected chi connectivity index (χ2v) is 7.93. The molecule has 40 heavy (non-hydrogen) atoms. The number of nitrogens with one attached hydrogen (secondary N) is 2. The highest BCUT2D eigenvalue weighted by atomic mass is 16.6. The molecular formula is C24H20N8O8. The molecule has 4 rings (SSSR count). The first kappa shape index (κ1) is 28.3. The van der Waals surface area contributed by atoms with E-state index in [9.17, 15) is 40.5 Å². The molecule has 0 aromatic heterocycles. The summed E-state index contributed by atoms with van der Waals surface area (Å²) >= 11 is 0. The third-order valence-corrected chi connectivity index (χ3v) is 5.16. The van der Waals surface area contributed by atoms with E-state index in [0.717, 1.165) is 12.1 Å². The molecule has 0 unspecified atom stereocenters. The van der Waals surface area contributed by atoms with Gasteiger partial charge < -0.3 is 22.1 Å². The summed E-state index contributed by atoms with van der Waals surface area (Å²) in [6.45, 7) is 0. The van der Waals surface area contributed by atoms with Crippen LogP contribution in [0.25, 0.3) is 0 Å². The fourth-order valence-corrected chi connectivity index (χ4v) is 3.22. The maximum absolute atomic E-state index is 11.0. The molecule has 4 aromatic rings. The van der Waals surface area contributed by atoms with E-state index in [-0.39, 0.29) is 34.1 Å². The molecule has 0 amide bonds. The lowest BCUT2D eigenvalue weighted by Gasteiger charge is -2.07. The van der Waals surface area contributed by atoms with Crippen molar-refractivity contribution in [1.82, 2.24) is 0 Å². The SMILES string of the molecule is Nc1ccc(Nc2ccc([N+](=O)[O-])cc2[N+](=O)[O-])cc1.Nc1ccc(Nc2ccc([N+](=O)[O-])cc2[N+](=O)[O-])cc1. The molecule has 16 nitrogen and oxygen atoms in total. The molecule has 204 valence electrons. The van der Waals surface area contributed by atoms with Gasteiger partial charge in [-0.05, 0) is 60.7 Å². The Morgan fingerprint density at radius 3 is 1.07 bits per heavy atom. The van der Waals surface area contributed by atoms with Gasteiger partial charge in [0.2, 0.25) is 0 Å². The summed E-state index contributed by atoms with van der Waals surface area (Å²) in [5, 5.41) is 48.8. The van der Waals surface area contributed by atoms with Gasteiger partial charge in [0.25, 0.3) is 22.7 Å². The number of benzene rings is 4. The summed E-state index contributed by atoms with van der Waals surface area (Å²) in [5.74, 6) is 0. The number of nitro benzene ring substituents is 4. The van der Waals surface area contributed by atoms with Crippen LogP contribution in [0.4, 0.5) is 56.9 Å². The predicted octanol–water partition coefficient (Wildman–Crippen LogP) is 5.66. The van der Waals surface area contributed by atoms with Gasteiger partial charge in [-0.1, -0.05) is 0 Å². The zero-order valence-electron chi connectivity index (χ0n) is 20.3. The van der Waals surface area contributed by atoms with Gasteiger partial charge in [-0.2, -0.15) is 0 Å². The summed E-state index contributed by atoms with van der Waals surface area (Å²) < 4.78 is 0. The van der Waals surface area contributed by atoms with Gasteiger partial charge in [0.05, 0.1) is 31.8 Å². The summed E-state index contributed by atoms with van der Waals surface area (Å²) in [6, 6.07) is 20.0. The Bertz CT molecular complexity index is 1460. The van der Waals surface area contributed by atoms with Crippen molar-refractivity contribution in [1.29, 1.82) is 0 Å². The summed E-state index contributed by atoms with van der Waals surface area (Å²) in [6.07, 6.45) is 0. The van der Waals surface area contributed by atoms with E-state index in [1.54, 1.807) is 48.5 Å². The van der Waals surface area contributed by atoms with Crippen LogP contribution in [0.15, 0.2) is 84.9 Å². The van der Waals surface area contributed by atoms with Gasteiger partial charge in [-0.25, -0.2) is 0 Å². The second kappa shape index (κ2) is 12.3. The number of rotatable bonds is 8. The van der Waals surface area contributed by atoms with Crippen molar-refractivity contribution in [3.05, 3.63) is 125 Å². The monoisotopic (exact) mass is 548 g/mol. The molecule has 0 aliphatic carbocycles. The van der Waals surface area contributed by atoms with E-state index in [0.29, 0.717) is 22.7 Å². The van der Waals surface area contributed by atoms with Crippen LogP contribution >= 0.6 is 0 Å². The number of hydrogen-bond donors (Lipinski definition) is 4. The Hall–Kier alpha value is -6.32. The van der Waals surface area contributed by atoms with Crippen LogP contribution in [0.1, 0.15) is 0 Å². The minimum absolute atomic E-state index is 0.172. The Kier molecular flexibility index (Phi) is 8.67. The first-order valence-corrected chi connectivity index (χ1v) is 11.1. The highest BCUT2D eigenvalue weighted by molar-refractivity contribution is 5.73. The van der Waals surface area contributed by atoms with Crippen LogP contribution < -0.4 is 22.1 Å². The summed E-state index contributed by atoms with van der Waals surface area (Å²) in [5.41, 5.74) is 12.3. The lowest BCUT2D eigenvalue weighted by atomic mass is 10.2. The predicted molar refractivity (Wildman–Crippen MR) is 148 cm³/mol. The summed E-state index contributed by atoms with van der Waals surface area (Å²) in [4.78, 5) is 40.5. The van der Waals surface area contributed by atoms with E-state index in [2.05, 4.69) is 10.6 Å². The van der Waals surface area contributed by atoms with Crippen molar-refractivity contribution < 1.29 is 19.7 Å². The van der Waals surface area contributed by atoms with Crippen molar-refractivity contribution in [2.75, 3.05) is 22.1 Å². The van der Waals surface area contributed by atoms with Crippen molar-refractivity contribution >= 4 is 56.9 Å². The van der Waals surface area contributed by atoms with E-state index in [1.165, 1.54) is 24.3 Å². The van der Waals surface area contributed by atoms with Gasteiger partial charge in [0.15, 0.2) is 0 Å².